The van der Waals surface area contributed by atoms with Crippen LogP contribution < -0.4 is 0 Å². The van der Waals surface area contributed by atoms with Gasteiger partial charge in [-0.1, -0.05) is 58.3 Å². The third-order valence-electron chi connectivity index (χ3n) is 3.55. The molecule has 1 aliphatic rings. The average molecular weight is 250 g/mol. The topological polar surface area (TPSA) is 26.3 Å². The highest BCUT2D eigenvalue weighted by Gasteiger charge is 2.15. The van der Waals surface area contributed by atoms with Gasteiger partial charge in [0.05, 0.1) is 12.2 Å². The molecular weight excluding hydrogens is 224 g/mol. The summed E-state index contributed by atoms with van der Waals surface area (Å²) in [4.78, 5) is 11.8. The van der Waals surface area contributed by atoms with Gasteiger partial charge in [0.1, 0.15) is 0 Å². The summed E-state index contributed by atoms with van der Waals surface area (Å²) in [6.45, 7) is 6.94. The van der Waals surface area contributed by atoms with E-state index >= 15 is 0 Å². The Bertz CT molecular complexity index is 315. The summed E-state index contributed by atoms with van der Waals surface area (Å²) in [5.41, 5.74) is 0.728. The lowest BCUT2D eigenvalue weighted by atomic mass is 9.92. The standard InChI is InChI=1S/C16H26O2/c1-4-6-7-14-8-10-15(11-9-14)16(17)18-12-13(3)5-2/h8,10-11,13-14H,4-7,9,12H2,1-3H3. The molecule has 0 spiro atoms. The second kappa shape index (κ2) is 8.12. The second-order valence-electron chi connectivity index (χ2n) is 5.27. The van der Waals surface area contributed by atoms with Crippen molar-refractivity contribution in [1.29, 1.82) is 0 Å². The molecule has 0 amide bonds. The van der Waals surface area contributed by atoms with Crippen molar-refractivity contribution in [3.8, 4) is 0 Å². The molecule has 2 heteroatoms. The van der Waals surface area contributed by atoms with Gasteiger partial charge in [-0.3, -0.25) is 0 Å². The van der Waals surface area contributed by atoms with E-state index < -0.39 is 0 Å². The zero-order valence-electron chi connectivity index (χ0n) is 11.9. The minimum absolute atomic E-state index is 0.166. The van der Waals surface area contributed by atoms with E-state index in [0.717, 1.165) is 18.4 Å². The molecule has 0 saturated carbocycles. The Labute approximate surface area is 111 Å². The van der Waals surface area contributed by atoms with Crippen LogP contribution in [0.5, 0.6) is 0 Å². The molecule has 18 heavy (non-hydrogen) atoms. The van der Waals surface area contributed by atoms with E-state index in [1.807, 2.05) is 12.2 Å². The van der Waals surface area contributed by atoms with Crippen molar-refractivity contribution in [2.75, 3.05) is 6.61 Å². The van der Waals surface area contributed by atoms with E-state index in [1.165, 1.54) is 19.3 Å². The van der Waals surface area contributed by atoms with Crippen molar-refractivity contribution < 1.29 is 9.53 Å². The van der Waals surface area contributed by atoms with Crippen LogP contribution in [0.15, 0.2) is 23.8 Å². The zero-order valence-corrected chi connectivity index (χ0v) is 11.9. The molecule has 2 nitrogen and oxygen atoms in total. The highest BCUT2D eigenvalue weighted by Crippen LogP contribution is 2.22. The Kier molecular flexibility index (Phi) is 6.77. The van der Waals surface area contributed by atoms with Crippen LogP contribution >= 0.6 is 0 Å². The average Bonchev–Trinajstić information content (AvgIpc) is 2.42. The molecule has 0 bridgehead atoms. The summed E-state index contributed by atoms with van der Waals surface area (Å²) < 4.78 is 5.29. The van der Waals surface area contributed by atoms with Crippen molar-refractivity contribution in [3.63, 3.8) is 0 Å². The third-order valence-corrected chi connectivity index (χ3v) is 3.55. The van der Waals surface area contributed by atoms with Crippen LogP contribution in [0.4, 0.5) is 0 Å². The summed E-state index contributed by atoms with van der Waals surface area (Å²) in [5, 5.41) is 0. The Morgan fingerprint density at radius 1 is 1.50 bits per heavy atom. The largest absolute Gasteiger partial charge is 0.462 e. The molecule has 0 radical (unpaired) electrons. The monoisotopic (exact) mass is 250 g/mol. The highest BCUT2D eigenvalue weighted by molar-refractivity contribution is 5.91. The molecule has 102 valence electrons. The first kappa shape index (κ1) is 15.0. The summed E-state index contributed by atoms with van der Waals surface area (Å²) in [6, 6.07) is 0. The first-order valence-corrected chi connectivity index (χ1v) is 7.22. The van der Waals surface area contributed by atoms with Crippen molar-refractivity contribution in [2.24, 2.45) is 11.8 Å². The van der Waals surface area contributed by atoms with Crippen LogP contribution in [0.25, 0.3) is 0 Å². The van der Waals surface area contributed by atoms with E-state index in [0.29, 0.717) is 18.4 Å². The Morgan fingerprint density at radius 3 is 2.83 bits per heavy atom. The fraction of sp³-hybridized carbons (Fsp3) is 0.688. The molecule has 0 saturated heterocycles. The van der Waals surface area contributed by atoms with Gasteiger partial charge >= 0.3 is 5.97 Å². The van der Waals surface area contributed by atoms with Gasteiger partial charge in [-0.05, 0) is 24.7 Å². The van der Waals surface area contributed by atoms with E-state index in [1.54, 1.807) is 0 Å². The SMILES string of the molecule is CCCCC1C=CC(C(=O)OCC(C)CC)=CC1. The predicted molar refractivity (Wildman–Crippen MR) is 75.3 cm³/mol. The lowest BCUT2D eigenvalue weighted by molar-refractivity contribution is -0.139. The number of unbranched alkanes of at least 4 members (excludes halogenated alkanes) is 1. The summed E-state index contributed by atoms with van der Waals surface area (Å²) in [7, 11) is 0. The molecule has 0 aromatic heterocycles. The fourth-order valence-electron chi connectivity index (χ4n) is 1.92. The minimum atomic E-state index is -0.166. The Morgan fingerprint density at radius 2 is 2.28 bits per heavy atom. The number of rotatable bonds is 7. The minimum Gasteiger partial charge on any atom is -0.462 e. The van der Waals surface area contributed by atoms with Crippen LogP contribution in [-0.4, -0.2) is 12.6 Å². The molecular formula is C16H26O2. The summed E-state index contributed by atoms with van der Waals surface area (Å²) >= 11 is 0. The molecule has 1 rings (SSSR count). The van der Waals surface area contributed by atoms with Gasteiger partial charge in [-0.2, -0.15) is 0 Å². The molecule has 2 atom stereocenters. The quantitative estimate of drug-likeness (QED) is 0.631. The zero-order chi connectivity index (χ0) is 13.4. The Hall–Kier alpha value is -1.05. The normalized spacial score (nSPS) is 20.4. The van der Waals surface area contributed by atoms with Gasteiger partial charge in [0.15, 0.2) is 0 Å². The van der Waals surface area contributed by atoms with Crippen molar-refractivity contribution in [2.45, 2.75) is 52.9 Å². The summed E-state index contributed by atoms with van der Waals surface area (Å²) in [5.74, 6) is 0.885. The van der Waals surface area contributed by atoms with Gasteiger partial charge in [-0.25, -0.2) is 4.79 Å². The molecule has 0 fully saturated rings. The first-order valence-electron chi connectivity index (χ1n) is 7.22. The van der Waals surface area contributed by atoms with Crippen molar-refractivity contribution >= 4 is 5.97 Å². The van der Waals surface area contributed by atoms with Crippen LogP contribution in [0, 0.1) is 11.8 Å². The molecule has 0 aromatic rings. The number of hydrogen-bond donors (Lipinski definition) is 0. The van der Waals surface area contributed by atoms with Crippen LogP contribution in [0.2, 0.25) is 0 Å². The van der Waals surface area contributed by atoms with E-state index in [-0.39, 0.29) is 5.97 Å². The van der Waals surface area contributed by atoms with Gasteiger partial charge in [0.25, 0.3) is 0 Å². The van der Waals surface area contributed by atoms with Gasteiger partial charge in [-0.15, -0.1) is 0 Å². The molecule has 0 aliphatic heterocycles. The lowest BCUT2D eigenvalue weighted by Crippen LogP contribution is -2.14. The number of carbonyl (C=O) groups is 1. The highest BCUT2D eigenvalue weighted by atomic mass is 16.5. The van der Waals surface area contributed by atoms with Gasteiger partial charge in [0, 0.05) is 0 Å². The van der Waals surface area contributed by atoms with Crippen LogP contribution in [-0.2, 0) is 9.53 Å². The van der Waals surface area contributed by atoms with Crippen LogP contribution in [0.1, 0.15) is 52.9 Å². The maximum absolute atomic E-state index is 11.8. The first-order chi connectivity index (χ1) is 8.67. The van der Waals surface area contributed by atoms with E-state index in [9.17, 15) is 4.79 Å². The fourth-order valence-corrected chi connectivity index (χ4v) is 1.92. The van der Waals surface area contributed by atoms with Gasteiger partial charge < -0.3 is 4.74 Å². The predicted octanol–water partition coefficient (Wildman–Crippen LogP) is 4.27. The molecule has 0 N–H and O–H groups in total. The second-order valence-corrected chi connectivity index (χ2v) is 5.27. The molecule has 2 unspecified atom stereocenters. The van der Waals surface area contributed by atoms with E-state index in [4.69, 9.17) is 4.74 Å². The van der Waals surface area contributed by atoms with E-state index in [2.05, 4.69) is 26.8 Å². The number of hydrogen-bond acceptors (Lipinski definition) is 2. The molecule has 0 heterocycles. The number of carbonyl (C=O) groups excluding carboxylic acids is 1. The number of esters is 1. The molecule has 1 aliphatic carbocycles. The summed E-state index contributed by atoms with van der Waals surface area (Å²) in [6.07, 6.45) is 11.9. The van der Waals surface area contributed by atoms with Crippen LogP contribution in [0.3, 0.4) is 0 Å². The smallest absolute Gasteiger partial charge is 0.337 e. The Balaban J connectivity index is 2.34. The maximum atomic E-state index is 11.8. The number of ether oxygens (including phenoxy) is 1. The van der Waals surface area contributed by atoms with Gasteiger partial charge in [0.2, 0.25) is 0 Å². The maximum Gasteiger partial charge on any atom is 0.337 e. The molecule has 0 aromatic carbocycles. The van der Waals surface area contributed by atoms with Crippen molar-refractivity contribution in [1.82, 2.24) is 0 Å². The van der Waals surface area contributed by atoms with Crippen molar-refractivity contribution in [3.05, 3.63) is 23.8 Å². The lowest BCUT2D eigenvalue weighted by Gasteiger charge is -2.16. The third kappa shape index (κ3) is 5.07. The number of allylic oxidation sites excluding steroid dienone is 2.